The zero-order valence-corrected chi connectivity index (χ0v) is 16.1. The molecule has 1 aromatic rings. The molecule has 0 aromatic heterocycles. The molecule has 0 saturated carbocycles. The van der Waals surface area contributed by atoms with E-state index in [2.05, 4.69) is 0 Å². The van der Waals surface area contributed by atoms with Gasteiger partial charge in [-0.25, -0.2) is 0 Å². The molecule has 0 bridgehead atoms. The van der Waals surface area contributed by atoms with Gasteiger partial charge in [0.05, 0.1) is 13.0 Å². The fraction of sp³-hybridized carbons (Fsp3) is 0.600. The Morgan fingerprint density at radius 3 is 2.24 bits per heavy atom. The lowest BCUT2D eigenvalue weighted by molar-refractivity contribution is -0.145. The number of amides is 2. The number of hydrogen-bond acceptors (Lipinski definition) is 3. The van der Waals surface area contributed by atoms with Crippen molar-refractivity contribution in [2.75, 3.05) is 32.8 Å². The zero-order valence-electron chi connectivity index (χ0n) is 16.1. The van der Waals surface area contributed by atoms with E-state index in [4.69, 9.17) is 4.74 Å². The highest BCUT2D eigenvalue weighted by atomic mass is 16.5. The van der Waals surface area contributed by atoms with Gasteiger partial charge in [0.15, 0.2) is 0 Å². The molecule has 1 aliphatic rings. The molecule has 5 nitrogen and oxygen atoms in total. The SMILES string of the molecule is Cc1ccc(C)c(OCCC(=O)N2CCN(C(=O)C(C)(C)C)CC2)c1. The van der Waals surface area contributed by atoms with Crippen molar-refractivity contribution in [3.05, 3.63) is 29.3 Å². The normalized spacial score (nSPS) is 15.2. The first-order valence-corrected chi connectivity index (χ1v) is 8.95. The number of rotatable bonds is 4. The van der Waals surface area contributed by atoms with Crippen molar-refractivity contribution < 1.29 is 14.3 Å². The van der Waals surface area contributed by atoms with Crippen LogP contribution in [0.3, 0.4) is 0 Å². The van der Waals surface area contributed by atoms with Crippen LogP contribution in [-0.4, -0.2) is 54.4 Å². The van der Waals surface area contributed by atoms with Gasteiger partial charge in [-0.1, -0.05) is 32.9 Å². The van der Waals surface area contributed by atoms with Gasteiger partial charge in [-0.3, -0.25) is 9.59 Å². The highest BCUT2D eigenvalue weighted by Gasteiger charge is 2.30. The third-order valence-corrected chi connectivity index (χ3v) is 4.48. The number of aryl methyl sites for hydroxylation is 2. The molecule has 1 aromatic carbocycles. The Labute approximate surface area is 150 Å². The molecule has 0 N–H and O–H groups in total. The minimum absolute atomic E-state index is 0.0909. The van der Waals surface area contributed by atoms with Crippen LogP contribution < -0.4 is 4.74 Å². The van der Waals surface area contributed by atoms with Crippen molar-refractivity contribution in [2.24, 2.45) is 5.41 Å². The maximum atomic E-state index is 12.4. The van der Waals surface area contributed by atoms with Gasteiger partial charge in [-0.15, -0.1) is 0 Å². The minimum Gasteiger partial charge on any atom is -0.493 e. The molecule has 138 valence electrons. The predicted octanol–water partition coefficient (Wildman–Crippen LogP) is 2.79. The average Bonchev–Trinajstić information content (AvgIpc) is 2.56. The number of ether oxygens (including phenoxy) is 1. The van der Waals surface area contributed by atoms with E-state index in [-0.39, 0.29) is 17.2 Å². The smallest absolute Gasteiger partial charge is 0.228 e. The molecule has 0 aliphatic carbocycles. The molecule has 0 unspecified atom stereocenters. The van der Waals surface area contributed by atoms with Crippen LogP contribution in [-0.2, 0) is 9.59 Å². The third kappa shape index (κ3) is 5.21. The van der Waals surface area contributed by atoms with Crippen molar-refractivity contribution in [3.8, 4) is 5.75 Å². The number of carbonyl (C=O) groups is 2. The van der Waals surface area contributed by atoms with Crippen molar-refractivity contribution in [2.45, 2.75) is 41.0 Å². The van der Waals surface area contributed by atoms with Gasteiger partial charge in [0.2, 0.25) is 11.8 Å². The van der Waals surface area contributed by atoms with E-state index in [1.165, 1.54) is 0 Å². The van der Waals surface area contributed by atoms with E-state index < -0.39 is 0 Å². The first kappa shape index (κ1) is 19.3. The zero-order chi connectivity index (χ0) is 18.6. The second-order valence-corrected chi connectivity index (χ2v) is 7.79. The number of carbonyl (C=O) groups excluding carboxylic acids is 2. The molecule has 0 spiro atoms. The van der Waals surface area contributed by atoms with Crippen molar-refractivity contribution in [1.82, 2.24) is 9.80 Å². The van der Waals surface area contributed by atoms with E-state index in [1.807, 2.05) is 62.6 Å². The summed E-state index contributed by atoms with van der Waals surface area (Å²) in [4.78, 5) is 28.3. The molecule has 5 heteroatoms. The topological polar surface area (TPSA) is 49.9 Å². The monoisotopic (exact) mass is 346 g/mol. The van der Waals surface area contributed by atoms with Crippen molar-refractivity contribution in [1.29, 1.82) is 0 Å². The summed E-state index contributed by atoms with van der Waals surface area (Å²) in [5.74, 6) is 1.08. The number of benzene rings is 1. The molecule has 1 heterocycles. The van der Waals surface area contributed by atoms with Crippen LogP contribution in [0.1, 0.15) is 38.3 Å². The lowest BCUT2D eigenvalue weighted by atomic mass is 9.94. The Balaban J connectivity index is 1.77. The largest absolute Gasteiger partial charge is 0.493 e. The fourth-order valence-corrected chi connectivity index (χ4v) is 2.90. The number of piperazine rings is 1. The molecular formula is C20H30N2O3. The van der Waals surface area contributed by atoms with Gasteiger partial charge < -0.3 is 14.5 Å². The molecule has 0 atom stereocenters. The minimum atomic E-state index is -0.369. The standard InChI is InChI=1S/C20H30N2O3/c1-15-6-7-16(2)17(14-15)25-13-8-18(23)21-9-11-22(12-10-21)19(24)20(3,4)5/h6-7,14H,8-13H2,1-5H3. The second-order valence-electron chi connectivity index (χ2n) is 7.79. The van der Waals surface area contributed by atoms with Gasteiger partial charge in [0.1, 0.15) is 5.75 Å². The fourth-order valence-electron chi connectivity index (χ4n) is 2.90. The summed E-state index contributed by atoms with van der Waals surface area (Å²) in [6.45, 7) is 12.6. The Hall–Kier alpha value is -2.04. The summed E-state index contributed by atoms with van der Waals surface area (Å²) < 4.78 is 5.77. The van der Waals surface area contributed by atoms with Crippen LogP contribution in [0.25, 0.3) is 0 Å². The Morgan fingerprint density at radius 1 is 1.04 bits per heavy atom. The highest BCUT2D eigenvalue weighted by molar-refractivity contribution is 5.82. The third-order valence-electron chi connectivity index (χ3n) is 4.48. The van der Waals surface area contributed by atoms with Gasteiger partial charge in [0, 0.05) is 31.6 Å². The van der Waals surface area contributed by atoms with E-state index in [9.17, 15) is 9.59 Å². The Bertz CT molecular complexity index is 626. The van der Waals surface area contributed by atoms with Crippen LogP contribution in [0, 0.1) is 19.3 Å². The van der Waals surface area contributed by atoms with Crippen LogP contribution >= 0.6 is 0 Å². The molecule has 1 saturated heterocycles. The van der Waals surface area contributed by atoms with E-state index >= 15 is 0 Å². The quantitative estimate of drug-likeness (QED) is 0.842. The lowest BCUT2D eigenvalue weighted by Gasteiger charge is -2.37. The maximum Gasteiger partial charge on any atom is 0.228 e. The molecule has 0 radical (unpaired) electrons. The van der Waals surface area contributed by atoms with Crippen LogP contribution in [0.2, 0.25) is 0 Å². The lowest BCUT2D eigenvalue weighted by Crippen LogP contribution is -2.53. The number of nitrogens with zero attached hydrogens (tertiary/aromatic N) is 2. The van der Waals surface area contributed by atoms with E-state index in [0.29, 0.717) is 39.2 Å². The molecule has 2 amide bonds. The van der Waals surface area contributed by atoms with E-state index in [1.54, 1.807) is 0 Å². The second kappa shape index (κ2) is 7.89. The van der Waals surface area contributed by atoms with Crippen LogP contribution in [0.4, 0.5) is 0 Å². The molecule has 25 heavy (non-hydrogen) atoms. The van der Waals surface area contributed by atoms with Crippen molar-refractivity contribution in [3.63, 3.8) is 0 Å². The summed E-state index contributed by atoms with van der Waals surface area (Å²) in [5, 5.41) is 0. The average molecular weight is 346 g/mol. The molecule has 2 rings (SSSR count). The van der Waals surface area contributed by atoms with Crippen LogP contribution in [0.5, 0.6) is 5.75 Å². The predicted molar refractivity (Wildman–Crippen MR) is 98.6 cm³/mol. The summed E-state index contributed by atoms with van der Waals surface area (Å²) in [5.41, 5.74) is 1.85. The van der Waals surface area contributed by atoms with Gasteiger partial charge in [0.25, 0.3) is 0 Å². The highest BCUT2D eigenvalue weighted by Crippen LogP contribution is 2.20. The Kier molecular flexibility index (Phi) is 6.09. The Morgan fingerprint density at radius 2 is 1.64 bits per heavy atom. The van der Waals surface area contributed by atoms with Gasteiger partial charge in [-0.05, 0) is 31.0 Å². The number of hydrogen-bond donors (Lipinski definition) is 0. The van der Waals surface area contributed by atoms with Gasteiger partial charge >= 0.3 is 0 Å². The van der Waals surface area contributed by atoms with Crippen molar-refractivity contribution >= 4 is 11.8 Å². The first-order chi connectivity index (χ1) is 11.7. The summed E-state index contributed by atoms with van der Waals surface area (Å²) >= 11 is 0. The van der Waals surface area contributed by atoms with Gasteiger partial charge in [-0.2, -0.15) is 0 Å². The summed E-state index contributed by atoms with van der Waals surface area (Å²) in [7, 11) is 0. The summed E-state index contributed by atoms with van der Waals surface area (Å²) in [6, 6.07) is 6.07. The van der Waals surface area contributed by atoms with E-state index in [0.717, 1.165) is 16.9 Å². The summed E-state index contributed by atoms with van der Waals surface area (Å²) in [6.07, 6.45) is 0.362. The molecule has 1 aliphatic heterocycles. The molecule has 1 fully saturated rings. The van der Waals surface area contributed by atoms with Crippen LogP contribution in [0.15, 0.2) is 18.2 Å². The maximum absolute atomic E-state index is 12.4. The first-order valence-electron chi connectivity index (χ1n) is 8.95. The molecular weight excluding hydrogens is 316 g/mol.